The van der Waals surface area contributed by atoms with E-state index >= 15 is 0 Å². The molecular weight excluding hydrogens is 295 g/mol. The number of benzene rings is 2. The van der Waals surface area contributed by atoms with Crippen LogP contribution < -0.4 is 10.9 Å². The molecule has 1 aliphatic rings. The number of rotatable bonds is 1. The first-order valence-electron chi connectivity index (χ1n) is 7.31. The summed E-state index contributed by atoms with van der Waals surface area (Å²) in [6.07, 6.45) is 0. The van der Waals surface area contributed by atoms with Crippen LogP contribution in [-0.2, 0) is 6.54 Å². The second kappa shape index (κ2) is 5.31. The minimum Gasteiger partial charge on any atom is -0.369 e. The molecule has 2 aromatic carbocycles. The molecule has 114 valence electrons. The van der Waals surface area contributed by atoms with Crippen LogP contribution in [0.15, 0.2) is 53.5 Å². The normalized spacial score (nSPS) is 13.9. The van der Waals surface area contributed by atoms with Crippen molar-refractivity contribution in [3.8, 4) is 0 Å². The van der Waals surface area contributed by atoms with Crippen molar-refractivity contribution in [2.45, 2.75) is 6.54 Å². The lowest BCUT2D eigenvalue weighted by Crippen LogP contribution is -2.25. The summed E-state index contributed by atoms with van der Waals surface area (Å²) >= 11 is 0. The summed E-state index contributed by atoms with van der Waals surface area (Å²) in [6, 6.07) is 13.5. The molecule has 6 heteroatoms. The molecule has 0 aliphatic carbocycles. The van der Waals surface area contributed by atoms with E-state index in [1.807, 2.05) is 28.8 Å². The predicted octanol–water partition coefficient (Wildman–Crippen LogP) is 2.34. The Bertz CT molecular complexity index is 993. The number of anilines is 1. The van der Waals surface area contributed by atoms with Crippen LogP contribution in [0.3, 0.4) is 0 Å². The van der Waals surface area contributed by atoms with Gasteiger partial charge in [-0.25, -0.2) is 9.37 Å². The minimum absolute atomic E-state index is 0.0530. The molecule has 0 atom stereocenters. The first kappa shape index (κ1) is 13.6. The van der Waals surface area contributed by atoms with Crippen LogP contribution in [0, 0.1) is 5.82 Å². The Kier molecular flexibility index (Phi) is 3.15. The molecule has 23 heavy (non-hydrogen) atoms. The number of fused-ring (bicyclic) bond motifs is 3. The van der Waals surface area contributed by atoms with E-state index in [-0.39, 0.29) is 11.2 Å². The van der Waals surface area contributed by atoms with E-state index < -0.39 is 11.7 Å². The molecule has 0 saturated heterocycles. The molecule has 1 amide bonds. The van der Waals surface area contributed by atoms with Gasteiger partial charge < -0.3 is 5.32 Å². The van der Waals surface area contributed by atoms with Gasteiger partial charge in [-0.1, -0.05) is 24.3 Å². The number of carbonyl (C=O) groups is 1. The fraction of sp³-hybridized carbons (Fsp3) is 0.118. The number of halogens is 1. The van der Waals surface area contributed by atoms with Crippen LogP contribution in [0.5, 0.6) is 0 Å². The average Bonchev–Trinajstić information content (AvgIpc) is 3.05. The van der Waals surface area contributed by atoms with Gasteiger partial charge in [-0.15, -0.1) is 0 Å². The predicted molar refractivity (Wildman–Crippen MR) is 84.5 cm³/mol. The van der Waals surface area contributed by atoms with Gasteiger partial charge >= 0.3 is 0 Å². The molecule has 2 heterocycles. The van der Waals surface area contributed by atoms with Crippen LogP contribution in [0.2, 0.25) is 0 Å². The first-order valence-corrected chi connectivity index (χ1v) is 7.31. The van der Waals surface area contributed by atoms with E-state index in [9.17, 15) is 9.18 Å². The van der Waals surface area contributed by atoms with Gasteiger partial charge in [-0.05, 0) is 24.3 Å². The van der Waals surface area contributed by atoms with Gasteiger partial charge in [0.05, 0.1) is 11.1 Å². The molecule has 0 unspecified atom stereocenters. The third-order valence-electron chi connectivity index (χ3n) is 3.82. The zero-order valence-corrected chi connectivity index (χ0v) is 12.2. The van der Waals surface area contributed by atoms with Gasteiger partial charge in [-0.3, -0.25) is 9.36 Å². The fourth-order valence-corrected chi connectivity index (χ4v) is 2.74. The van der Waals surface area contributed by atoms with E-state index in [0.717, 1.165) is 23.3 Å². The van der Waals surface area contributed by atoms with Crippen molar-refractivity contribution in [3.63, 3.8) is 0 Å². The molecule has 1 N–H and O–H groups in total. The highest BCUT2D eigenvalue weighted by atomic mass is 19.1. The second-order valence-corrected chi connectivity index (χ2v) is 5.25. The van der Waals surface area contributed by atoms with Crippen LogP contribution in [-0.4, -0.2) is 22.0 Å². The van der Waals surface area contributed by atoms with Gasteiger partial charge in [0.25, 0.3) is 5.91 Å². The minimum atomic E-state index is -0.632. The summed E-state index contributed by atoms with van der Waals surface area (Å²) in [5.74, 6) is -0.329. The number of carbonyl (C=O) groups excluding carboxylic acids is 1. The van der Waals surface area contributed by atoms with Gasteiger partial charge in [0.1, 0.15) is 11.6 Å². The molecule has 1 aliphatic heterocycles. The van der Waals surface area contributed by atoms with E-state index in [2.05, 4.69) is 15.3 Å². The lowest BCUT2D eigenvalue weighted by molar-refractivity contribution is 0.0992. The number of hydrogen-bond acceptors (Lipinski definition) is 3. The van der Waals surface area contributed by atoms with Crippen LogP contribution in [0.4, 0.5) is 10.2 Å². The Morgan fingerprint density at radius 3 is 2.83 bits per heavy atom. The number of nitrogens with one attached hydrogen (secondary N) is 1. The van der Waals surface area contributed by atoms with Crippen molar-refractivity contribution in [2.75, 3.05) is 11.9 Å². The number of aromatic nitrogens is 2. The molecule has 0 bridgehead atoms. The third kappa shape index (κ3) is 2.28. The Morgan fingerprint density at radius 1 is 1.17 bits per heavy atom. The van der Waals surface area contributed by atoms with Crippen LogP contribution >= 0.6 is 0 Å². The van der Waals surface area contributed by atoms with Gasteiger partial charge in [0, 0.05) is 18.5 Å². The van der Waals surface area contributed by atoms with Gasteiger partial charge in [-0.2, -0.15) is 4.99 Å². The van der Waals surface area contributed by atoms with Gasteiger partial charge in [0.2, 0.25) is 5.62 Å². The Morgan fingerprint density at radius 2 is 1.96 bits per heavy atom. The molecule has 1 aromatic heterocycles. The van der Waals surface area contributed by atoms with E-state index in [0.29, 0.717) is 6.54 Å². The second-order valence-electron chi connectivity index (χ2n) is 5.25. The zero-order chi connectivity index (χ0) is 15.8. The maximum absolute atomic E-state index is 13.7. The molecule has 0 spiro atoms. The molecule has 3 aromatic rings. The molecule has 4 rings (SSSR count). The van der Waals surface area contributed by atoms with Crippen molar-refractivity contribution >= 4 is 22.6 Å². The molecule has 0 fully saturated rings. The summed E-state index contributed by atoms with van der Waals surface area (Å²) in [7, 11) is 0. The number of nitrogens with zero attached hydrogens (tertiary/aromatic N) is 3. The summed E-state index contributed by atoms with van der Waals surface area (Å²) in [4.78, 5) is 20.8. The highest BCUT2D eigenvalue weighted by Gasteiger charge is 2.16. The lowest BCUT2D eigenvalue weighted by Gasteiger charge is -2.07. The van der Waals surface area contributed by atoms with Crippen LogP contribution in [0.1, 0.15) is 10.4 Å². The highest BCUT2D eigenvalue weighted by Crippen LogP contribution is 2.22. The fourth-order valence-electron chi connectivity index (χ4n) is 2.74. The van der Waals surface area contributed by atoms with E-state index in [4.69, 9.17) is 0 Å². The van der Waals surface area contributed by atoms with Gasteiger partial charge in [0.15, 0.2) is 0 Å². The average molecular weight is 308 g/mol. The summed E-state index contributed by atoms with van der Waals surface area (Å²) < 4.78 is 15.6. The van der Waals surface area contributed by atoms with Crippen molar-refractivity contribution in [2.24, 2.45) is 4.99 Å². The summed E-state index contributed by atoms with van der Waals surface area (Å²) in [5, 5.41) is 4.26. The third-order valence-corrected chi connectivity index (χ3v) is 3.82. The SMILES string of the molecule is O=C(N=c1nc2ccccc2c2n1CCN2)c1ccccc1F. The standard InChI is InChI=1S/C17H13FN4O/c18-13-7-3-1-5-11(13)16(23)21-17-20-14-8-4-2-6-12(14)15-19-9-10-22(15)17/h1-8,19H,9-10H2. The Labute approximate surface area is 131 Å². The zero-order valence-electron chi connectivity index (χ0n) is 12.2. The maximum Gasteiger partial charge on any atom is 0.283 e. The topological polar surface area (TPSA) is 59.3 Å². The van der Waals surface area contributed by atoms with Crippen molar-refractivity contribution in [3.05, 3.63) is 65.5 Å². The monoisotopic (exact) mass is 308 g/mol. The van der Waals surface area contributed by atoms with Crippen molar-refractivity contribution in [1.29, 1.82) is 0 Å². The molecule has 5 nitrogen and oxygen atoms in total. The maximum atomic E-state index is 13.7. The number of amides is 1. The largest absolute Gasteiger partial charge is 0.369 e. The quantitative estimate of drug-likeness (QED) is 0.750. The highest BCUT2D eigenvalue weighted by molar-refractivity contribution is 5.95. The Hall–Kier alpha value is -3.02. The van der Waals surface area contributed by atoms with Crippen molar-refractivity contribution < 1.29 is 9.18 Å². The first-order chi connectivity index (χ1) is 11.2. The number of hydrogen-bond donors (Lipinski definition) is 1. The lowest BCUT2D eigenvalue weighted by atomic mass is 10.2. The smallest absolute Gasteiger partial charge is 0.283 e. The summed E-state index contributed by atoms with van der Waals surface area (Å²) in [5.41, 5.74) is 0.980. The summed E-state index contributed by atoms with van der Waals surface area (Å²) in [6.45, 7) is 1.41. The molecule has 0 radical (unpaired) electrons. The van der Waals surface area contributed by atoms with Crippen molar-refractivity contribution in [1.82, 2.24) is 9.55 Å². The molecular formula is C17H13FN4O. The number of para-hydroxylation sites is 1. The van der Waals surface area contributed by atoms with Crippen LogP contribution in [0.25, 0.3) is 10.9 Å². The molecule has 0 saturated carbocycles. The van der Waals surface area contributed by atoms with E-state index in [1.165, 1.54) is 18.2 Å². The Balaban J connectivity index is 1.92. The van der Waals surface area contributed by atoms with E-state index in [1.54, 1.807) is 6.07 Å².